The molecule has 6 atom stereocenters. The number of aliphatic hydroxyl groups excluding tert-OH is 1. The summed E-state index contributed by atoms with van der Waals surface area (Å²) in [5.41, 5.74) is 6.07. The fourth-order valence-corrected chi connectivity index (χ4v) is 6.74. The molecule has 0 unspecified atom stereocenters. The van der Waals surface area contributed by atoms with Crippen molar-refractivity contribution < 1.29 is 38.8 Å². The van der Waals surface area contributed by atoms with E-state index in [9.17, 15) is 24.6 Å². The molecule has 2 aliphatic heterocycles. The van der Waals surface area contributed by atoms with Crippen molar-refractivity contribution in [2.45, 2.75) is 117 Å². The minimum atomic E-state index is -1.23. The zero-order valence-electron chi connectivity index (χ0n) is 25.4. The zero-order chi connectivity index (χ0) is 31.0. The predicted octanol–water partition coefficient (Wildman–Crippen LogP) is 2.86. The largest absolute Gasteiger partial charge is 0.481 e. The van der Waals surface area contributed by atoms with Gasteiger partial charge in [0.25, 0.3) is 0 Å². The van der Waals surface area contributed by atoms with Crippen LogP contribution in [0.15, 0.2) is 24.0 Å². The lowest BCUT2D eigenvalue weighted by Crippen LogP contribution is -2.71. The summed E-state index contributed by atoms with van der Waals surface area (Å²) < 4.78 is 17.6. The third-order valence-electron chi connectivity index (χ3n) is 9.15. The molecule has 4 rings (SSSR count). The van der Waals surface area contributed by atoms with Gasteiger partial charge < -0.3 is 40.4 Å². The first kappa shape index (κ1) is 37.2. The van der Waals surface area contributed by atoms with Crippen LogP contribution in [0.2, 0.25) is 0 Å². The summed E-state index contributed by atoms with van der Waals surface area (Å²) >= 11 is 0. The normalized spacial score (nSPS) is 26.7. The number of esters is 2. The van der Waals surface area contributed by atoms with E-state index in [1.807, 2.05) is 40.8 Å². The Morgan fingerprint density at radius 2 is 1.91 bits per heavy atom. The number of hydrogen-bond donors (Lipinski definition) is 4. The number of benzene rings is 1. The number of likely N-dealkylation sites (tertiary alicyclic amines) is 1. The van der Waals surface area contributed by atoms with Gasteiger partial charge in [0.05, 0.1) is 30.1 Å². The van der Waals surface area contributed by atoms with E-state index in [0.29, 0.717) is 30.7 Å². The molecule has 44 heavy (non-hydrogen) atoms. The van der Waals surface area contributed by atoms with Gasteiger partial charge in [-0.05, 0) is 64.8 Å². The van der Waals surface area contributed by atoms with Crippen molar-refractivity contribution in [3.8, 4) is 5.75 Å². The fraction of sp³-hybridized carbons (Fsp3) is 0.667. The van der Waals surface area contributed by atoms with E-state index in [1.54, 1.807) is 12.1 Å². The summed E-state index contributed by atoms with van der Waals surface area (Å²) in [5.74, 6) is -0.776. The van der Waals surface area contributed by atoms with E-state index in [-0.39, 0.29) is 64.5 Å². The summed E-state index contributed by atoms with van der Waals surface area (Å²) in [5, 5.41) is 25.0. The summed E-state index contributed by atoms with van der Waals surface area (Å²) in [6.45, 7) is 9.76. The van der Waals surface area contributed by atoms with Gasteiger partial charge in [-0.15, -0.1) is 0 Å². The second-order valence-corrected chi connectivity index (χ2v) is 12.3. The first-order chi connectivity index (χ1) is 19.8. The Kier molecular flexibility index (Phi) is 12.2. The number of nitrogens with two attached hydrogens (primary N) is 1. The van der Waals surface area contributed by atoms with Crippen molar-refractivity contribution in [2.24, 2.45) is 11.7 Å². The Labute approximate surface area is 262 Å². The maximum Gasteiger partial charge on any atom is 0.352 e. The maximum absolute atomic E-state index is 13.1. The quantitative estimate of drug-likeness (QED) is 0.287. The first-order valence-electron chi connectivity index (χ1n) is 14.7. The van der Waals surface area contributed by atoms with Crippen LogP contribution in [0.3, 0.4) is 0 Å². The Hall–Kier alpha value is -2.99. The molecule has 1 amide bonds. The molecule has 3 aliphatic rings. The average Bonchev–Trinajstić information content (AvgIpc) is 3.29. The number of aliphatic hydroxyl groups is 2. The number of rotatable bonds is 10. The molecule has 1 aromatic rings. The molecule has 11 nitrogen and oxygen atoms in total. The zero-order valence-corrected chi connectivity index (χ0v) is 25.4. The number of fused-ring (bicyclic) bond motifs is 1. The molecule has 1 fully saturated rings. The van der Waals surface area contributed by atoms with E-state index >= 15 is 0 Å². The number of ether oxygens (including phenoxy) is 3. The number of aryl methyl sites for hydroxylation is 1. The molecule has 5 N–H and O–H groups in total. The minimum Gasteiger partial charge on any atom is -0.481 e. The van der Waals surface area contributed by atoms with Crippen LogP contribution in [0.4, 0.5) is 0 Å². The van der Waals surface area contributed by atoms with Crippen LogP contribution in [0.5, 0.6) is 5.75 Å². The fourth-order valence-electron chi connectivity index (χ4n) is 6.74. The Balaban J connectivity index is 0.00000337. The van der Waals surface area contributed by atoms with Crippen molar-refractivity contribution >= 4 is 17.8 Å². The van der Waals surface area contributed by atoms with Crippen LogP contribution in [0.1, 0.15) is 84.9 Å². The highest BCUT2D eigenvalue weighted by atomic mass is 16.6. The number of hydrogen-bond acceptors (Lipinski definition) is 10. The molecule has 0 saturated carbocycles. The molecule has 0 bridgehead atoms. The molecule has 1 aliphatic carbocycles. The van der Waals surface area contributed by atoms with Gasteiger partial charge in [0.1, 0.15) is 11.5 Å². The highest BCUT2D eigenvalue weighted by Gasteiger charge is 2.69. The molecule has 2 heterocycles. The molecular formula is C33H53N3O8. The minimum absolute atomic E-state index is 0. The lowest BCUT2D eigenvalue weighted by molar-refractivity contribution is -0.171. The standard InChI is InChI=1S/C31H45N3O8.2CH4/c1-17(2)15-22(32)28(37)33-13-10-24(36)40-19(4)29(38)41-23-9-11-31(39)20(5)34(6)14-12-30(31)25-18(3)7-8-21(16-35)26(25)42-27(23)30;;/h7-9,17,19-20,22,27,35,39H,10-16,32H2,1-6H3,(H,33,37);2*1H4/t19-,20+,22-,27-,30-,31+;;/m0../s1. The van der Waals surface area contributed by atoms with Crippen LogP contribution < -0.4 is 15.8 Å². The van der Waals surface area contributed by atoms with Gasteiger partial charge in [-0.3, -0.25) is 9.59 Å². The summed E-state index contributed by atoms with van der Waals surface area (Å²) in [6.07, 6.45) is 0.808. The summed E-state index contributed by atoms with van der Waals surface area (Å²) in [6, 6.07) is 2.83. The van der Waals surface area contributed by atoms with Gasteiger partial charge in [-0.2, -0.15) is 0 Å². The smallest absolute Gasteiger partial charge is 0.352 e. The van der Waals surface area contributed by atoms with Crippen LogP contribution >= 0.6 is 0 Å². The summed E-state index contributed by atoms with van der Waals surface area (Å²) in [4.78, 5) is 39.7. The van der Waals surface area contributed by atoms with Gasteiger partial charge in [0.2, 0.25) is 5.91 Å². The molecule has 248 valence electrons. The van der Waals surface area contributed by atoms with Crippen LogP contribution in [-0.2, 0) is 35.9 Å². The topological polar surface area (TPSA) is 161 Å². The van der Waals surface area contributed by atoms with E-state index in [2.05, 4.69) is 10.2 Å². The van der Waals surface area contributed by atoms with Crippen molar-refractivity contribution in [3.05, 3.63) is 40.7 Å². The molecule has 1 saturated heterocycles. The number of nitrogens with zero attached hydrogens (tertiary/aromatic N) is 1. The van der Waals surface area contributed by atoms with E-state index < -0.39 is 41.2 Å². The molecule has 1 aromatic carbocycles. The van der Waals surface area contributed by atoms with Crippen molar-refractivity contribution in [3.63, 3.8) is 0 Å². The highest BCUT2D eigenvalue weighted by Crippen LogP contribution is 2.61. The SMILES string of the molecule is C.C.Cc1ccc(CO)c2c1[C@]13CCN(C)[C@H](C)[C@]1(O)CC=C(OC(=O)[C@H](C)OC(=O)CCNC(=O)[C@@H](N)CC(C)C)[C@@H]3O2. The maximum atomic E-state index is 13.1. The summed E-state index contributed by atoms with van der Waals surface area (Å²) in [7, 11) is 1.97. The average molecular weight is 620 g/mol. The number of piperidine rings is 1. The van der Waals surface area contributed by atoms with Gasteiger partial charge in [0, 0.05) is 30.1 Å². The number of likely N-dealkylation sites (N-methyl/N-ethyl adjacent to an activating group) is 1. The third-order valence-corrected chi connectivity index (χ3v) is 9.15. The monoisotopic (exact) mass is 619 g/mol. The molecule has 1 spiro atoms. The Morgan fingerprint density at radius 3 is 2.55 bits per heavy atom. The highest BCUT2D eigenvalue weighted by molar-refractivity contribution is 5.82. The van der Waals surface area contributed by atoms with Gasteiger partial charge in [-0.1, -0.05) is 40.8 Å². The van der Waals surface area contributed by atoms with E-state index in [1.165, 1.54) is 6.92 Å². The van der Waals surface area contributed by atoms with Gasteiger partial charge >= 0.3 is 11.9 Å². The first-order valence-corrected chi connectivity index (χ1v) is 14.7. The third kappa shape index (κ3) is 6.51. The molecule has 11 heteroatoms. The Bertz CT molecular complexity index is 1250. The second kappa shape index (κ2) is 14.4. The Morgan fingerprint density at radius 1 is 1.23 bits per heavy atom. The van der Waals surface area contributed by atoms with Gasteiger partial charge in [0.15, 0.2) is 12.2 Å². The van der Waals surface area contributed by atoms with Crippen LogP contribution in [0.25, 0.3) is 0 Å². The lowest BCUT2D eigenvalue weighted by atomic mass is 9.54. The van der Waals surface area contributed by atoms with Crippen LogP contribution in [-0.4, -0.2) is 83.0 Å². The molecule has 0 radical (unpaired) electrons. The van der Waals surface area contributed by atoms with Gasteiger partial charge in [-0.25, -0.2) is 4.79 Å². The lowest BCUT2D eigenvalue weighted by Gasteiger charge is -2.58. The molecular weight excluding hydrogens is 566 g/mol. The van der Waals surface area contributed by atoms with E-state index in [0.717, 1.165) is 11.1 Å². The van der Waals surface area contributed by atoms with Crippen LogP contribution in [0, 0.1) is 12.8 Å². The number of amides is 1. The number of carbonyl (C=O) groups is 3. The van der Waals surface area contributed by atoms with Crippen molar-refractivity contribution in [1.82, 2.24) is 10.2 Å². The number of carbonyl (C=O) groups excluding carboxylic acids is 3. The number of nitrogens with one attached hydrogen (secondary N) is 1. The molecule has 0 aromatic heterocycles. The van der Waals surface area contributed by atoms with Crippen molar-refractivity contribution in [1.29, 1.82) is 0 Å². The van der Waals surface area contributed by atoms with Crippen molar-refractivity contribution in [2.75, 3.05) is 20.1 Å². The predicted molar refractivity (Wildman–Crippen MR) is 168 cm³/mol. The van der Waals surface area contributed by atoms with E-state index in [4.69, 9.17) is 19.9 Å². The second-order valence-electron chi connectivity index (χ2n) is 12.3.